The Labute approximate surface area is 163 Å². The third kappa shape index (κ3) is 5.94. The Kier molecular flexibility index (Phi) is 7.13. The zero-order chi connectivity index (χ0) is 19.1. The van der Waals surface area contributed by atoms with Crippen LogP contribution in [0.15, 0.2) is 24.3 Å². The van der Waals surface area contributed by atoms with E-state index in [9.17, 15) is 13.2 Å². The molecule has 2 saturated heterocycles. The molecule has 7 heteroatoms. The van der Waals surface area contributed by atoms with Crippen molar-refractivity contribution in [2.45, 2.75) is 51.4 Å². The molecule has 3 rings (SSSR count). The first kappa shape index (κ1) is 20.1. The van der Waals surface area contributed by atoms with Gasteiger partial charge >= 0.3 is 0 Å². The predicted octanol–water partition coefficient (Wildman–Crippen LogP) is 3.21. The zero-order valence-corrected chi connectivity index (χ0v) is 16.8. The lowest BCUT2D eigenvalue weighted by Gasteiger charge is -2.25. The van der Waals surface area contributed by atoms with E-state index in [-0.39, 0.29) is 11.7 Å². The minimum absolute atomic E-state index is 0.0562. The van der Waals surface area contributed by atoms with Crippen molar-refractivity contribution in [1.82, 2.24) is 4.31 Å². The summed E-state index contributed by atoms with van der Waals surface area (Å²) in [6.07, 6.45) is 6.98. The van der Waals surface area contributed by atoms with E-state index in [0.29, 0.717) is 32.4 Å². The fraction of sp³-hybridized carbons (Fsp3) is 0.650. The van der Waals surface area contributed by atoms with Gasteiger partial charge in [0.25, 0.3) is 0 Å². The maximum Gasteiger partial charge on any atom is 0.224 e. The minimum Gasteiger partial charge on any atom is -0.372 e. The van der Waals surface area contributed by atoms with Crippen molar-refractivity contribution >= 4 is 27.3 Å². The first-order chi connectivity index (χ1) is 13.0. The number of unbranched alkanes of at least 4 members (excludes halogenated alkanes) is 1. The number of nitrogens with one attached hydrogen (secondary N) is 1. The van der Waals surface area contributed by atoms with E-state index in [4.69, 9.17) is 0 Å². The van der Waals surface area contributed by atoms with Crippen molar-refractivity contribution in [3.8, 4) is 0 Å². The number of hydrogen-bond donors (Lipinski definition) is 1. The molecule has 2 heterocycles. The number of amides is 1. The third-order valence-electron chi connectivity index (χ3n) is 5.39. The summed E-state index contributed by atoms with van der Waals surface area (Å²) < 4.78 is 26.2. The number of sulfonamides is 1. The molecule has 2 fully saturated rings. The van der Waals surface area contributed by atoms with Crippen LogP contribution in [0.25, 0.3) is 0 Å². The van der Waals surface area contributed by atoms with E-state index in [0.717, 1.165) is 38.0 Å². The molecule has 0 spiro atoms. The van der Waals surface area contributed by atoms with Crippen molar-refractivity contribution in [3.63, 3.8) is 0 Å². The number of rotatable bonds is 8. The SMILES string of the molecule is O=C(CCCCS(=O)(=O)N1CCCCC1)Nc1ccc(N2CCCC2)cc1. The van der Waals surface area contributed by atoms with Crippen LogP contribution < -0.4 is 10.2 Å². The van der Waals surface area contributed by atoms with Gasteiger partial charge in [-0.3, -0.25) is 4.79 Å². The minimum atomic E-state index is -3.16. The zero-order valence-electron chi connectivity index (χ0n) is 16.0. The summed E-state index contributed by atoms with van der Waals surface area (Å²) in [5.41, 5.74) is 2.00. The molecule has 150 valence electrons. The second-order valence-corrected chi connectivity index (χ2v) is 9.61. The molecule has 0 unspecified atom stereocenters. The lowest BCUT2D eigenvalue weighted by molar-refractivity contribution is -0.116. The Morgan fingerprint density at radius 2 is 1.52 bits per heavy atom. The summed E-state index contributed by atoms with van der Waals surface area (Å²) in [6.45, 7) is 3.50. The lowest BCUT2D eigenvalue weighted by Crippen LogP contribution is -2.37. The highest BCUT2D eigenvalue weighted by Crippen LogP contribution is 2.22. The molecule has 6 nitrogen and oxygen atoms in total. The molecule has 27 heavy (non-hydrogen) atoms. The molecule has 1 N–H and O–H groups in total. The smallest absolute Gasteiger partial charge is 0.224 e. The highest BCUT2D eigenvalue weighted by atomic mass is 32.2. The molecule has 0 atom stereocenters. The Bertz CT molecular complexity index is 706. The van der Waals surface area contributed by atoms with E-state index in [1.165, 1.54) is 18.5 Å². The van der Waals surface area contributed by atoms with Crippen LogP contribution in [0.2, 0.25) is 0 Å². The Hall–Kier alpha value is -1.60. The fourth-order valence-electron chi connectivity index (χ4n) is 3.80. The third-order valence-corrected chi connectivity index (χ3v) is 7.34. The van der Waals surface area contributed by atoms with Crippen molar-refractivity contribution in [2.24, 2.45) is 0 Å². The van der Waals surface area contributed by atoms with Gasteiger partial charge in [0.2, 0.25) is 15.9 Å². The molecule has 0 radical (unpaired) electrons. The van der Waals surface area contributed by atoms with Crippen LogP contribution >= 0.6 is 0 Å². The van der Waals surface area contributed by atoms with Crippen LogP contribution in [0.5, 0.6) is 0 Å². The molecule has 0 bridgehead atoms. The summed E-state index contributed by atoms with van der Waals surface area (Å²) >= 11 is 0. The number of benzene rings is 1. The average Bonchev–Trinajstić information content (AvgIpc) is 3.21. The quantitative estimate of drug-likeness (QED) is 0.689. The maximum absolute atomic E-state index is 12.3. The van der Waals surface area contributed by atoms with E-state index < -0.39 is 10.0 Å². The van der Waals surface area contributed by atoms with E-state index in [1.807, 2.05) is 24.3 Å². The number of piperidine rings is 1. The number of nitrogens with zero attached hydrogens (tertiary/aromatic N) is 2. The highest BCUT2D eigenvalue weighted by molar-refractivity contribution is 7.89. The molecular weight excluding hydrogens is 362 g/mol. The first-order valence-corrected chi connectivity index (χ1v) is 11.8. The van der Waals surface area contributed by atoms with Gasteiger partial charge in [-0.1, -0.05) is 6.42 Å². The standard InChI is InChI=1S/C20H31N3O3S/c24-20(8-2-7-17-27(25,26)23-15-3-1-4-16-23)21-18-9-11-19(12-10-18)22-13-5-6-14-22/h9-12H,1-8,13-17H2,(H,21,24). The number of carbonyl (C=O) groups is 1. The second kappa shape index (κ2) is 9.55. The summed E-state index contributed by atoms with van der Waals surface area (Å²) in [7, 11) is -3.16. The molecule has 0 saturated carbocycles. The van der Waals surface area contributed by atoms with Crippen LogP contribution in [0, 0.1) is 0 Å². The molecule has 1 aromatic rings. The van der Waals surface area contributed by atoms with Gasteiger partial charge in [-0.05, 0) is 62.8 Å². The van der Waals surface area contributed by atoms with Gasteiger partial charge in [0.1, 0.15) is 0 Å². The van der Waals surface area contributed by atoms with Gasteiger partial charge < -0.3 is 10.2 Å². The van der Waals surface area contributed by atoms with Gasteiger partial charge in [-0.2, -0.15) is 0 Å². The highest BCUT2D eigenvalue weighted by Gasteiger charge is 2.23. The van der Waals surface area contributed by atoms with E-state index in [2.05, 4.69) is 10.2 Å². The summed E-state index contributed by atoms with van der Waals surface area (Å²) in [4.78, 5) is 14.5. The van der Waals surface area contributed by atoms with Gasteiger partial charge in [0, 0.05) is 44.0 Å². The van der Waals surface area contributed by atoms with Crippen molar-refractivity contribution < 1.29 is 13.2 Å². The van der Waals surface area contributed by atoms with E-state index >= 15 is 0 Å². The van der Waals surface area contributed by atoms with E-state index in [1.54, 1.807) is 4.31 Å². The molecule has 2 aliphatic rings. The van der Waals surface area contributed by atoms with Crippen molar-refractivity contribution in [2.75, 3.05) is 42.1 Å². The molecule has 0 aliphatic carbocycles. The van der Waals surface area contributed by atoms with Crippen LogP contribution in [-0.4, -0.2) is 50.6 Å². The van der Waals surface area contributed by atoms with Crippen molar-refractivity contribution in [1.29, 1.82) is 0 Å². The van der Waals surface area contributed by atoms with Crippen LogP contribution in [-0.2, 0) is 14.8 Å². The average molecular weight is 394 g/mol. The van der Waals surface area contributed by atoms with Crippen LogP contribution in [0.1, 0.15) is 51.4 Å². The van der Waals surface area contributed by atoms with Gasteiger partial charge in [0.15, 0.2) is 0 Å². The Morgan fingerprint density at radius 1 is 0.889 bits per heavy atom. The monoisotopic (exact) mass is 393 g/mol. The van der Waals surface area contributed by atoms with Gasteiger partial charge in [-0.25, -0.2) is 12.7 Å². The lowest BCUT2D eigenvalue weighted by atomic mass is 10.2. The Balaban J connectivity index is 1.37. The topological polar surface area (TPSA) is 69.7 Å². The number of carbonyl (C=O) groups excluding carboxylic acids is 1. The first-order valence-electron chi connectivity index (χ1n) is 10.2. The van der Waals surface area contributed by atoms with Gasteiger partial charge in [-0.15, -0.1) is 0 Å². The van der Waals surface area contributed by atoms with Gasteiger partial charge in [0.05, 0.1) is 5.75 Å². The normalized spacial score (nSPS) is 18.6. The second-order valence-electron chi connectivity index (χ2n) is 7.52. The van der Waals surface area contributed by atoms with Crippen molar-refractivity contribution in [3.05, 3.63) is 24.3 Å². The summed E-state index contributed by atoms with van der Waals surface area (Å²) in [5, 5.41) is 2.90. The molecule has 1 aromatic carbocycles. The number of anilines is 2. The molecular formula is C20H31N3O3S. The molecule has 0 aromatic heterocycles. The Morgan fingerprint density at radius 3 is 2.19 bits per heavy atom. The summed E-state index contributed by atoms with van der Waals surface area (Å²) in [6, 6.07) is 7.97. The summed E-state index contributed by atoms with van der Waals surface area (Å²) in [5.74, 6) is 0.0875. The molecule has 1 amide bonds. The largest absolute Gasteiger partial charge is 0.372 e. The van der Waals surface area contributed by atoms with Crippen LogP contribution in [0.3, 0.4) is 0 Å². The van der Waals surface area contributed by atoms with Crippen LogP contribution in [0.4, 0.5) is 11.4 Å². The molecule has 2 aliphatic heterocycles. The fourth-order valence-corrected chi connectivity index (χ4v) is 5.44. The maximum atomic E-state index is 12.3. The predicted molar refractivity (Wildman–Crippen MR) is 110 cm³/mol. The number of hydrogen-bond acceptors (Lipinski definition) is 4.